The maximum atomic E-state index is 5.59. The van der Waals surface area contributed by atoms with Crippen LogP contribution in [0.15, 0.2) is 18.7 Å². The average Bonchev–Trinajstić information content (AvgIpc) is 2.40. The van der Waals surface area contributed by atoms with E-state index in [0.717, 1.165) is 6.54 Å². The van der Waals surface area contributed by atoms with Crippen molar-refractivity contribution in [2.45, 2.75) is 12.6 Å². The third-order valence-corrected chi connectivity index (χ3v) is 1.31. The molecule has 4 nitrogen and oxygen atoms in total. The summed E-state index contributed by atoms with van der Waals surface area (Å²) in [4.78, 5) is 3.88. The van der Waals surface area contributed by atoms with Crippen LogP contribution in [-0.2, 0) is 6.54 Å². The summed E-state index contributed by atoms with van der Waals surface area (Å²) < 4.78 is 1.91. The molecule has 0 aromatic carbocycles. The number of hydrogen-bond acceptors (Lipinski definition) is 3. The van der Waals surface area contributed by atoms with Crippen molar-refractivity contribution in [1.29, 1.82) is 0 Å². The lowest BCUT2D eigenvalue weighted by molar-refractivity contribution is 0.559. The van der Waals surface area contributed by atoms with Crippen LogP contribution in [0.2, 0.25) is 0 Å². The third kappa shape index (κ3) is 1.82. The summed E-state index contributed by atoms with van der Waals surface area (Å²) >= 11 is 0. The van der Waals surface area contributed by atoms with Gasteiger partial charge in [0.05, 0.1) is 6.33 Å². The molecule has 1 rings (SSSR count). The molecule has 0 radical (unpaired) electrons. The molecule has 0 spiro atoms. The minimum atomic E-state index is 0.0363. The summed E-state index contributed by atoms with van der Waals surface area (Å²) in [6.45, 7) is 1.26. The molecule has 0 saturated carbocycles. The Kier molecular flexibility index (Phi) is 2.42. The quantitative estimate of drug-likeness (QED) is 0.575. The molecule has 1 heterocycles. The molecule has 0 amide bonds. The van der Waals surface area contributed by atoms with E-state index in [1.165, 1.54) is 0 Å². The Morgan fingerprint density at radius 2 is 2.40 bits per heavy atom. The lowest BCUT2D eigenvalue weighted by atomic mass is 10.3. The largest absolute Gasteiger partial charge is 0.336 e. The van der Waals surface area contributed by atoms with Crippen LogP contribution in [0.1, 0.15) is 0 Å². The van der Waals surface area contributed by atoms with Gasteiger partial charge in [-0.2, -0.15) is 0 Å². The molecule has 0 aliphatic rings. The van der Waals surface area contributed by atoms with Crippen LogP contribution in [0.5, 0.6) is 0 Å². The molecule has 4 N–H and O–H groups in total. The first-order chi connectivity index (χ1) is 4.83. The number of imidazole rings is 1. The summed E-state index contributed by atoms with van der Waals surface area (Å²) in [5.41, 5.74) is 10.9. The van der Waals surface area contributed by atoms with Gasteiger partial charge in [-0.3, -0.25) is 0 Å². The van der Waals surface area contributed by atoms with Gasteiger partial charge in [0.2, 0.25) is 0 Å². The molecule has 1 unspecified atom stereocenters. The Morgan fingerprint density at radius 1 is 1.60 bits per heavy atom. The molecule has 0 aliphatic heterocycles. The zero-order valence-corrected chi connectivity index (χ0v) is 5.77. The van der Waals surface area contributed by atoms with Gasteiger partial charge in [0.25, 0.3) is 0 Å². The van der Waals surface area contributed by atoms with Crippen LogP contribution in [-0.4, -0.2) is 22.1 Å². The summed E-state index contributed by atoms with van der Waals surface area (Å²) in [5.74, 6) is 0. The van der Waals surface area contributed by atoms with Gasteiger partial charge in [0, 0.05) is 31.5 Å². The van der Waals surface area contributed by atoms with Gasteiger partial charge < -0.3 is 16.0 Å². The van der Waals surface area contributed by atoms with Gasteiger partial charge in [0.15, 0.2) is 0 Å². The minimum absolute atomic E-state index is 0.0363. The minimum Gasteiger partial charge on any atom is -0.336 e. The van der Waals surface area contributed by atoms with E-state index in [-0.39, 0.29) is 6.04 Å². The Morgan fingerprint density at radius 3 is 2.90 bits per heavy atom. The maximum absolute atomic E-state index is 5.59. The van der Waals surface area contributed by atoms with Gasteiger partial charge in [-0.15, -0.1) is 0 Å². The highest BCUT2D eigenvalue weighted by molar-refractivity contribution is 4.76. The second kappa shape index (κ2) is 3.34. The first-order valence-corrected chi connectivity index (χ1v) is 3.24. The number of nitrogens with two attached hydrogens (primary N) is 2. The summed E-state index contributed by atoms with van der Waals surface area (Å²) in [6.07, 6.45) is 5.33. The highest BCUT2D eigenvalue weighted by Gasteiger charge is 1.98. The van der Waals surface area contributed by atoms with Crippen LogP contribution in [0.4, 0.5) is 0 Å². The standard InChI is InChI=1S/C6H12N4/c7-3-6(8)4-10-2-1-9-5-10/h1-2,5-6H,3-4,7-8H2. The fourth-order valence-corrected chi connectivity index (χ4v) is 0.740. The highest BCUT2D eigenvalue weighted by atomic mass is 15.0. The topological polar surface area (TPSA) is 69.9 Å². The van der Waals surface area contributed by atoms with Crippen molar-refractivity contribution in [3.05, 3.63) is 18.7 Å². The Bertz CT molecular complexity index is 170. The van der Waals surface area contributed by atoms with Crippen molar-refractivity contribution in [3.8, 4) is 0 Å². The Balaban J connectivity index is 2.40. The lowest BCUT2D eigenvalue weighted by Crippen LogP contribution is -2.33. The summed E-state index contributed by atoms with van der Waals surface area (Å²) in [6, 6.07) is 0.0363. The zero-order chi connectivity index (χ0) is 7.40. The molecular formula is C6H12N4. The van der Waals surface area contributed by atoms with E-state index >= 15 is 0 Å². The predicted octanol–water partition coefficient (Wildman–Crippen LogP) is -0.831. The third-order valence-electron chi connectivity index (χ3n) is 1.31. The monoisotopic (exact) mass is 140 g/mol. The van der Waals surface area contributed by atoms with Gasteiger partial charge in [-0.25, -0.2) is 4.98 Å². The van der Waals surface area contributed by atoms with Gasteiger partial charge in [-0.1, -0.05) is 0 Å². The number of rotatable bonds is 3. The van der Waals surface area contributed by atoms with Crippen molar-refractivity contribution >= 4 is 0 Å². The molecule has 1 aromatic heterocycles. The first-order valence-electron chi connectivity index (χ1n) is 3.24. The molecule has 0 aliphatic carbocycles. The average molecular weight is 140 g/mol. The first kappa shape index (κ1) is 7.24. The van der Waals surface area contributed by atoms with E-state index < -0.39 is 0 Å². The summed E-state index contributed by atoms with van der Waals surface area (Å²) in [7, 11) is 0. The van der Waals surface area contributed by atoms with Crippen molar-refractivity contribution < 1.29 is 0 Å². The molecule has 0 saturated heterocycles. The van der Waals surface area contributed by atoms with E-state index in [2.05, 4.69) is 4.98 Å². The van der Waals surface area contributed by atoms with Gasteiger partial charge in [-0.05, 0) is 0 Å². The SMILES string of the molecule is NCC(N)Cn1ccnc1. The van der Waals surface area contributed by atoms with Crippen molar-refractivity contribution in [3.63, 3.8) is 0 Å². The van der Waals surface area contributed by atoms with Gasteiger partial charge >= 0.3 is 0 Å². The molecule has 1 aromatic rings. The van der Waals surface area contributed by atoms with Crippen molar-refractivity contribution in [2.24, 2.45) is 11.5 Å². The Hall–Kier alpha value is -0.870. The molecular weight excluding hydrogens is 128 g/mol. The van der Waals surface area contributed by atoms with E-state index in [1.807, 2.05) is 10.8 Å². The number of hydrogen-bond donors (Lipinski definition) is 2. The fourth-order valence-electron chi connectivity index (χ4n) is 0.740. The van der Waals surface area contributed by atoms with Crippen molar-refractivity contribution in [1.82, 2.24) is 9.55 Å². The van der Waals surface area contributed by atoms with Crippen LogP contribution in [0.3, 0.4) is 0 Å². The maximum Gasteiger partial charge on any atom is 0.0946 e. The summed E-state index contributed by atoms with van der Waals surface area (Å²) in [5, 5.41) is 0. The smallest absolute Gasteiger partial charge is 0.0946 e. The molecule has 4 heteroatoms. The fraction of sp³-hybridized carbons (Fsp3) is 0.500. The molecule has 10 heavy (non-hydrogen) atoms. The normalized spacial score (nSPS) is 13.4. The van der Waals surface area contributed by atoms with Crippen LogP contribution in [0, 0.1) is 0 Å². The second-order valence-electron chi connectivity index (χ2n) is 2.26. The van der Waals surface area contributed by atoms with Crippen LogP contribution < -0.4 is 11.5 Å². The Labute approximate surface area is 59.8 Å². The number of nitrogens with zero attached hydrogens (tertiary/aromatic N) is 2. The molecule has 0 bridgehead atoms. The van der Waals surface area contributed by atoms with E-state index in [0.29, 0.717) is 6.54 Å². The van der Waals surface area contributed by atoms with E-state index in [1.54, 1.807) is 12.5 Å². The predicted molar refractivity (Wildman–Crippen MR) is 39.3 cm³/mol. The molecule has 1 atom stereocenters. The zero-order valence-electron chi connectivity index (χ0n) is 5.77. The second-order valence-corrected chi connectivity index (χ2v) is 2.26. The molecule has 56 valence electrons. The highest BCUT2D eigenvalue weighted by Crippen LogP contribution is 1.87. The number of aromatic nitrogens is 2. The van der Waals surface area contributed by atoms with E-state index in [9.17, 15) is 0 Å². The lowest BCUT2D eigenvalue weighted by Gasteiger charge is -2.07. The van der Waals surface area contributed by atoms with Gasteiger partial charge in [0.1, 0.15) is 0 Å². The molecule has 0 fully saturated rings. The van der Waals surface area contributed by atoms with Crippen LogP contribution >= 0.6 is 0 Å². The van der Waals surface area contributed by atoms with Crippen LogP contribution in [0.25, 0.3) is 0 Å². The van der Waals surface area contributed by atoms with Crippen molar-refractivity contribution in [2.75, 3.05) is 6.54 Å². The van der Waals surface area contributed by atoms with E-state index in [4.69, 9.17) is 11.5 Å².